The quantitative estimate of drug-likeness (QED) is 0.375. The second kappa shape index (κ2) is 10.5. The first-order chi connectivity index (χ1) is 10.6. The van der Waals surface area contributed by atoms with Gasteiger partial charge in [-0.05, 0) is 26.0 Å². The molecule has 0 aliphatic carbocycles. The van der Waals surface area contributed by atoms with E-state index >= 15 is 0 Å². The van der Waals surface area contributed by atoms with E-state index in [0.29, 0.717) is 0 Å². The number of hydrogen-bond acceptors (Lipinski definition) is 4. The van der Waals surface area contributed by atoms with E-state index in [9.17, 15) is 0 Å². The van der Waals surface area contributed by atoms with Gasteiger partial charge in [0.1, 0.15) is 0 Å². The number of nitrogens with one attached hydrogen (secondary N) is 1. The molecule has 8 heteroatoms. The largest absolute Gasteiger partial charge is 0.357 e. The Balaban J connectivity index is 0.00000264. The molecular formula is C15H22ClIN4S2. The lowest BCUT2D eigenvalue weighted by Gasteiger charge is -2.21. The van der Waals surface area contributed by atoms with Crippen molar-refractivity contribution in [2.75, 3.05) is 20.1 Å². The van der Waals surface area contributed by atoms with Gasteiger partial charge in [0.15, 0.2) is 5.96 Å². The van der Waals surface area contributed by atoms with E-state index in [0.717, 1.165) is 47.1 Å². The maximum Gasteiger partial charge on any atom is 0.194 e. The van der Waals surface area contributed by atoms with Gasteiger partial charge in [-0.3, -0.25) is 4.99 Å². The first kappa shape index (κ1) is 20.7. The highest BCUT2D eigenvalue weighted by Crippen LogP contribution is 2.21. The molecule has 0 saturated carbocycles. The van der Waals surface area contributed by atoms with Crippen LogP contribution in [-0.2, 0) is 13.0 Å². The van der Waals surface area contributed by atoms with Crippen molar-refractivity contribution in [3.05, 3.63) is 37.4 Å². The zero-order valence-corrected chi connectivity index (χ0v) is 18.2. The summed E-state index contributed by atoms with van der Waals surface area (Å²) in [5, 5.41) is 6.53. The van der Waals surface area contributed by atoms with Crippen molar-refractivity contribution in [2.24, 2.45) is 4.99 Å². The predicted molar refractivity (Wildman–Crippen MR) is 113 cm³/mol. The minimum absolute atomic E-state index is 0. The molecule has 2 aromatic heterocycles. The molecule has 0 saturated heterocycles. The fourth-order valence-electron chi connectivity index (χ4n) is 2.03. The summed E-state index contributed by atoms with van der Waals surface area (Å²) in [7, 11) is 2.04. The molecule has 0 spiro atoms. The summed E-state index contributed by atoms with van der Waals surface area (Å²) in [6.07, 6.45) is 0.913. The maximum absolute atomic E-state index is 5.95. The Hall–Kier alpha value is -0.380. The summed E-state index contributed by atoms with van der Waals surface area (Å²) < 4.78 is 0.835. The Morgan fingerprint density at radius 2 is 2.22 bits per heavy atom. The molecule has 0 fully saturated rings. The molecule has 128 valence electrons. The molecule has 1 N–H and O–H groups in total. The van der Waals surface area contributed by atoms with Gasteiger partial charge < -0.3 is 10.2 Å². The van der Waals surface area contributed by atoms with Crippen LogP contribution in [0.5, 0.6) is 0 Å². The van der Waals surface area contributed by atoms with E-state index in [-0.39, 0.29) is 24.0 Å². The van der Waals surface area contributed by atoms with Crippen molar-refractivity contribution in [1.29, 1.82) is 0 Å². The molecule has 2 heterocycles. The lowest BCUT2D eigenvalue weighted by molar-refractivity contribution is 0.471. The van der Waals surface area contributed by atoms with Crippen LogP contribution in [0.15, 0.2) is 22.5 Å². The van der Waals surface area contributed by atoms with Crippen LogP contribution in [0.1, 0.15) is 22.5 Å². The number of nitrogens with zero attached hydrogens (tertiary/aromatic N) is 3. The Kier molecular flexibility index (Phi) is 9.41. The van der Waals surface area contributed by atoms with Crippen LogP contribution < -0.4 is 5.32 Å². The molecule has 2 rings (SSSR count). The minimum atomic E-state index is 0. The summed E-state index contributed by atoms with van der Waals surface area (Å²) in [6.45, 7) is 6.47. The highest BCUT2D eigenvalue weighted by atomic mass is 127. The number of thiazole rings is 1. The van der Waals surface area contributed by atoms with Gasteiger partial charge in [0, 0.05) is 36.8 Å². The third-order valence-corrected chi connectivity index (χ3v) is 5.12. The second-order valence-electron chi connectivity index (χ2n) is 4.91. The van der Waals surface area contributed by atoms with Crippen LogP contribution in [0.3, 0.4) is 0 Å². The fraction of sp³-hybridized carbons (Fsp3) is 0.467. The molecule has 0 aliphatic heterocycles. The molecule has 23 heavy (non-hydrogen) atoms. The SMILES string of the molecule is CCNC(=NCCc1ccc(Cl)s1)N(C)Cc1csc(C)n1.I. The predicted octanol–water partition coefficient (Wildman–Crippen LogP) is 4.42. The zero-order chi connectivity index (χ0) is 15.9. The van der Waals surface area contributed by atoms with E-state index in [1.807, 2.05) is 20.0 Å². The molecule has 0 amide bonds. The normalized spacial score (nSPS) is 11.2. The number of aryl methyl sites for hydroxylation is 1. The Labute approximate surface area is 168 Å². The van der Waals surface area contributed by atoms with Crippen molar-refractivity contribution in [1.82, 2.24) is 15.2 Å². The third kappa shape index (κ3) is 6.94. The van der Waals surface area contributed by atoms with Crippen molar-refractivity contribution in [2.45, 2.75) is 26.8 Å². The van der Waals surface area contributed by atoms with Crippen LogP contribution in [0.25, 0.3) is 0 Å². The topological polar surface area (TPSA) is 40.5 Å². The van der Waals surface area contributed by atoms with E-state index in [1.54, 1.807) is 22.7 Å². The summed E-state index contributed by atoms with van der Waals surface area (Å²) >= 11 is 9.25. The van der Waals surface area contributed by atoms with Crippen molar-refractivity contribution >= 4 is 64.2 Å². The number of aliphatic imine (C=N–C) groups is 1. The van der Waals surface area contributed by atoms with E-state index in [4.69, 9.17) is 16.6 Å². The lowest BCUT2D eigenvalue weighted by Crippen LogP contribution is -2.38. The number of aromatic nitrogens is 1. The van der Waals surface area contributed by atoms with Crippen LogP contribution in [-0.4, -0.2) is 36.0 Å². The van der Waals surface area contributed by atoms with Crippen molar-refractivity contribution in [3.63, 3.8) is 0 Å². The number of rotatable bonds is 6. The summed E-state index contributed by atoms with van der Waals surface area (Å²) in [5.41, 5.74) is 1.08. The van der Waals surface area contributed by atoms with E-state index in [1.165, 1.54) is 4.88 Å². The maximum atomic E-state index is 5.95. The average molecular weight is 485 g/mol. The van der Waals surface area contributed by atoms with Gasteiger partial charge in [-0.15, -0.1) is 46.7 Å². The third-order valence-electron chi connectivity index (χ3n) is 3.01. The van der Waals surface area contributed by atoms with Crippen LogP contribution in [0, 0.1) is 6.92 Å². The zero-order valence-electron chi connectivity index (χ0n) is 13.5. The van der Waals surface area contributed by atoms with Gasteiger partial charge in [0.05, 0.1) is 21.6 Å². The molecule has 0 bridgehead atoms. The van der Waals surface area contributed by atoms with Gasteiger partial charge in [-0.1, -0.05) is 11.6 Å². The Morgan fingerprint density at radius 3 is 2.78 bits per heavy atom. The summed E-state index contributed by atoms with van der Waals surface area (Å²) in [6, 6.07) is 4.00. The minimum Gasteiger partial charge on any atom is -0.357 e. The average Bonchev–Trinajstić information content (AvgIpc) is 3.06. The monoisotopic (exact) mass is 484 g/mol. The second-order valence-corrected chi connectivity index (χ2v) is 7.77. The van der Waals surface area contributed by atoms with Gasteiger partial charge in [-0.2, -0.15) is 0 Å². The molecule has 0 atom stereocenters. The van der Waals surface area contributed by atoms with Gasteiger partial charge in [-0.25, -0.2) is 4.98 Å². The van der Waals surface area contributed by atoms with Crippen LogP contribution >= 0.6 is 58.3 Å². The Morgan fingerprint density at radius 1 is 1.43 bits per heavy atom. The van der Waals surface area contributed by atoms with E-state index in [2.05, 4.69) is 33.6 Å². The van der Waals surface area contributed by atoms with Crippen LogP contribution in [0.2, 0.25) is 4.34 Å². The number of thiophene rings is 1. The standard InChI is InChI=1S/C15H21ClN4S2.HI/c1-4-17-15(18-8-7-13-5-6-14(16)22-13)20(3)9-12-10-21-11(2)19-12;/h5-6,10H,4,7-9H2,1-3H3,(H,17,18);1H. The fourth-order valence-corrected chi connectivity index (χ4v) is 3.71. The Bertz CT molecular complexity index is 627. The van der Waals surface area contributed by atoms with Gasteiger partial charge in [0.2, 0.25) is 0 Å². The molecule has 4 nitrogen and oxygen atoms in total. The molecule has 2 aromatic rings. The summed E-state index contributed by atoms with van der Waals surface area (Å²) in [5.74, 6) is 0.913. The van der Waals surface area contributed by atoms with Crippen molar-refractivity contribution < 1.29 is 0 Å². The van der Waals surface area contributed by atoms with Gasteiger partial charge in [0.25, 0.3) is 0 Å². The van der Waals surface area contributed by atoms with E-state index < -0.39 is 0 Å². The first-order valence-corrected chi connectivity index (χ1v) is 9.30. The highest BCUT2D eigenvalue weighted by molar-refractivity contribution is 14.0. The molecule has 0 unspecified atom stereocenters. The van der Waals surface area contributed by atoms with Crippen LogP contribution in [0.4, 0.5) is 0 Å². The number of guanidine groups is 1. The molecule has 0 aliphatic rings. The molecule has 0 radical (unpaired) electrons. The van der Waals surface area contributed by atoms with Crippen molar-refractivity contribution in [3.8, 4) is 0 Å². The van der Waals surface area contributed by atoms with Gasteiger partial charge >= 0.3 is 0 Å². The lowest BCUT2D eigenvalue weighted by atomic mass is 10.3. The molecule has 0 aromatic carbocycles. The summed E-state index contributed by atoms with van der Waals surface area (Å²) in [4.78, 5) is 12.6. The smallest absolute Gasteiger partial charge is 0.194 e. The first-order valence-electron chi connectivity index (χ1n) is 7.23. The highest BCUT2D eigenvalue weighted by Gasteiger charge is 2.08. The molecular weight excluding hydrogens is 463 g/mol. The number of hydrogen-bond donors (Lipinski definition) is 1. The number of halogens is 2.